The molecule has 0 aliphatic heterocycles. The van der Waals surface area contributed by atoms with Crippen molar-refractivity contribution in [3.05, 3.63) is 60.2 Å². The van der Waals surface area contributed by atoms with Crippen LogP contribution in [0.25, 0.3) is 0 Å². The Labute approximate surface area is 120 Å². The molecule has 1 amide bonds. The minimum absolute atomic E-state index is 0.0235. The van der Waals surface area contributed by atoms with Gasteiger partial charge in [0.15, 0.2) is 0 Å². The van der Waals surface area contributed by atoms with Crippen LogP contribution in [0.1, 0.15) is 10.4 Å². The van der Waals surface area contributed by atoms with Crippen molar-refractivity contribution in [3.63, 3.8) is 0 Å². The number of carbonyl (C=O) groups is 2. The molecule has 0 unspecified atom stereocenters. The predicted molar refractivity (Wildman–Crippen MR) is 79.2 cm³/mol. The molecule has 0 aromatic heterocycles. The van der Waals surface area contributed by atoms with Gasteiger partial charge in [0, 0.05) is 16.1 Å². The topological polar surface area (TPSA) is 66.4 Å². The normalized spacial score (nSPS) is 10.0. The second-order valence-corrected chi connectivity index (χ2v) is 5.08. The number of hydrogen-bond acceptors (Lipinski definition) is 3. The molecule has 2 aromatic carbocycles. The van der Waals surface area contributed by atoms with Crippen LogP contribution in [0.4, 0.5) is 5.69 Å². The van der Waals surface area contributed by atoms with E-state index in [1.807, 2.05) is 6.07 Å². The fourth-order valence-corrected chi connectivity index (χ4v) is 2.19. The monoisotopic (exact) mass is 287 g/mol. The quantitative estimate of drug-likeness (QED) is 0.829. The number of amides is 1. The standard InChI is InChI=1S/C15H13NO3S/c17-14(18)10-20-13-8-6-12(7-9-13)16-15(19)11-4-2-1-3-5-11/h1-9H,10H2,(H,16,19)(H,17,18). The Hall–Kier alpha value is -2.27. The highest BCUT2D eigenvalue weighted by atomic mass is 32.2. The zero-order valence-electron chi connectivity index (χ0n) is 10.6. The highest BCUT2D eigenvalue weighted by Crippen LogP contribution is 2.20. The van der Waals surface area contributed by atoms with Gasteiger partial charge >= 0.3 is 5.97 Å². The van der Waals surface area contributed by atoms with E-state index in [-0.39, 0.29) is 11.7 Å². The average molecular weight is 287 g/mol. The van der Waals surface area contributed by atoms with Gasteiger partial charge in [0.1, 0.15) is 0 Å². The first-order valence-electron chi connectivity index (χ1n) is 5.96. The summed E-state index contributed by atoms with van der Waals surface area (Å²) in [6, 6.07) is 16.0. The Kier molecular flexibility index (Phi) is 4.79. The maximum atomic E-state index is 11.9. The first kappa shape index (κ1) is 14.1. The van der Waals surface area contributed by atoms with E-state index < -0.39 is 5.97 Å². The summed E-state index contributed by atoms with van der Waals surface area (Å²) in [5.74, 6) is -0.997. The molecule has 0 aliphatic carbocycles. The SMILES string of the molecule is O=C(O)CSc1ccc(NC(=O)c2ccccc2)cc1. The minimum Gasteiger partial charge on any atom is -0.481 e. The van der Waals surface area contributed by atoms with E-state index in [1.54, 1.807) is 48.5 Å². The molecular weight excluding hydrogens is 274 g/mol. The van der Waals surface area contributed by atoms with Crippen LogP contribution >= 0.6 is 11.8 Å². The molecule has 0 bridgehead atoms. The summed E-state index contributed by atoms with van der Waals surface area (Å²) >= 11 is 1.24. The molecule has 2 aromatic rings. The molecule has 102 valence electrons. The second kappa shape index (κ2) is 6.77. The van der Waals surface area contributed by atoms with E-state index in [2.05, 4.69) is 5.32 Å². The molecule has 0 radical (unpaired) electrons. The summed E-state index contributed by atoms with van der Waals surface area (Å²) in [4.78, 5) is 23.2. The number of anilines is 1. The summed E-state index contributed by atoms with van der Waals surface area (Å²) < 4.78 is 0. The maximum Gasteiger partial charge on any atom is 0.313 e. The summed E-state index contributed by atoms with van der Waals surface area (Å²) in [7, 11) is 0. The molecule has 0 aliphatic rings. The van der Waals surface area contributed by atoms with Gasteiger partial charge in [0.25, 0.3) is 5.91 Å². The smallest absolute Gasteiger partial charge is 0.313 e. The van der Waals surface area contributed by atoms with Crippen molar-refractivity contribution in [1.29, 1.82) is 0 Å². The highest BCUT2D eigenvalue weighted by Gasteiger charge is 2.05. The average Bonchev–Trinajstić information content (AvgIpc) is 2.47. The number of aliphatic carboxylic acids is 1. The second-order valence-electron chi connectivity index (χ2n) is 4.03. The molecular formula is C15H13NO3S. The largest absolute Gasteiger partial charge is 0.481 e. The van der Waals surface area contributed by atoms with E-state index in [9.17, 15) is 9.59 Å². The van der Waals surface area contributed by atoms with Gasteiger partial charge in [-0.1, -0.05) is 18.2 Å². The van der Waals surface area contributed by atoms with Crippen LogP contribution < -0.4 is 5.32 Å². The molecule has 5 heteroatoms. The number of carbonyl (C=O) groups excluding carboxylic acids is 1. The third-order valence-corrected chi connectivity index (χ3v) is 3.51. The lowest BCUT2D eigenvalue weighted by molar-refractivity contribution is -0.133. The van der Waals surface area contributed by atoms with Crippen LogP contribution in [-0.4, -0.2) is 22.7 Å². The summed E-state index contributed by atoms with van der Waals surface area (Å²) in [6.45, 7) is 0. The van der Waals surface area contributed by atoms with Gasteiger partial charge in [-0.05, 0) is 36.4 Å². The van der Waals surface area contributed by atoms with E-state index >= 15 is 0 Å². The van der Waals surface area contributed by atoms with Crippen molar-refractivity contribution in [2.45, 2.75) is 4.90 Å². The zero-order valence-corrected chi connectivity index (χ0v) is 11.4. The Balaban J connectivity index is 1.97. The first-order chi connectivity index (χ1) is 9.65. The number of benzene rings is 2. The Morgan fingerprint density at radius 2 is 1.65 bits per heavy atom. The van der Waals surface area contributed by atoms with Crippen molar-refractivity contribution in [1.82, 2.24) is 0 Å². The lowest BCUT2D eigenvalue weighted by atomic mass is 10.2. The van der Waals surface area contributed by atoms with Crippen molar-refractivity contribution in [2.75, 3.05) is 11.1 Å². The van der Waals surface area contributed by atoms with E-state index in [0.29, 0.717) is 11.3 Å². The summed E-state index contributed by atoms with van der Waals surface area (Å²) in [6.07, 6.45) is 0. The van der Waals surface area contributed by atoms with Gasteiger partial charge in [-0.2, -0.15) is 0 Å². The van der Waals surface area contributed by atoms with Crippen molar-refractivity contribution < 1.29 is 14.7 Å². The fourth-order valence-electron chi connectivity index (χ4n) is 1.57. The van der Waals surface area contributed by atoms with Gasteiger partial charge in [-0.15, -0.1) is 11.8 Å². The molecule has 2 N–H and O–H groups in total. The van der Waals surface area contributed by atoms with Gasteiger partial charge in [-0.25, -0.2) is 0 Å². The van der Waals surface area contributed by atoms with Crippen molar-refractivity contribution in [3.8, 4) is 0 Å². The Morgan fingerprint density at radius 1 is 1.00 bits per heavy atom. The maximum absolute atomic E-state index is 11.9. The van der Waals surface area contributed by atoms with E-state index in [0.717, 1.165) is 4.90 Å². The molecule has 0 saturated carbocycles. The van der Waals surface area contributed by atoms with E-state index in [1.165, 1.54) is 11.8 Å². The molecule has 2 rings (SSSR count). The highest BCUT2D eigenvalue weighted by molar-refractivity contribution is 8.00. The van der Waals surface area contributed by atoms with Gasteiger partial charge in [0.2, 0.25) is 0 Å². The number of nitrogens with one attached hydrogen (secondary N) is 1. The Bertz CT molecular complexity index is 596. The molecule has 0 spiro atoms. The lowest BCUT2D eigenvalue weighted by Gasteiger charge is -2.06. The van der Waals surface area contributed by atoms with Crippen LogP contribution in [0, 0.1) is 0 Å². The molecule has 0 fully saturated rings. The van der Waals surface area contributed by atoms with Crippen LogP contribution in [0.15, 0.2) is 59.5 Å². The third kappa shape index (κ3) is 4.13. The lowest BCUT2D eigenvalue weighted by Crippen LogP contribution is -2.11. The van der Waals surface area contributed by atoms with Crippen LogP contribution in [0.2, 0.25) is 0 Å². The van der Waals surface area contributed by atoms with E-state index in [4.69, 9.17) is 5.11 Å². The number of thioether (sulfide) groups is 1. The summed E-state index contributed by atoms with van der Waals surface area (Å²) in [5.41, 5.74) is 1.27. The number of rotatable bonds is 5. The number of carboxylic acid groups (broad SMARTS) is 1. The van der Waals surface area contributed by atoms with Crippen LogP contribution in [-0.2, 0) is 4.79 Å². The van der Waals surface area contributed by atoms with Gasteiger partial charge in [-0.3, -0.25) is 9.59 Å². The molecule has 0 heterocycles. The predicted octanol–water partition coefficient (Wildman–Crippen LogP) is 3.12. The fraction of sp³-hybridized carbons (Fsp3) is 0.0667. The molecule has 20 heavy (non-hydrogen) atoms. The van der Waals surface area contributed by atoms with Crippen molar-refractivity contribution in [2.24, 2.45) is 0 Å². The zero-order chi connectivity index (χ0) is 14.4. The van der Waals surface area contributed by atoms with Crippen LogP contribution in [0.5, 0.6) is 0 Å². The molecule has 0 saturated heterocycles. The number of hydrogen-bond donors (Lipinski definition) is 2. The molecule has 4 nitrogen and oxygen atoms in total. The van der Waals surface area contributed by atoms with Crippen LogP contribution in [0.3, 0.4) is 0 Å². The van der Waals surface area contributed by atoms with Crippen molar-refractivity contribution >= 4 is 29.3 Å². The molecule has 0 atom stereocenters. The Morgan fingerprint density at radius 3 is 2.25 bits per heavy atom. The van der Waals surface area contributed by atoms with Gasteiger partial charge in [0.05, 0.1) is 5.75 Å². The minimum atomic E-state index is -0.851. The van der Waals surface area contributed by atoms with Gasteiger partial charge < -0.3 is 10.4 Å². The third-order valence-electron chi connectivity index (χ3n) is 2.51. The number of carboxylic acids is 1. The first-order valence-corrected chi connectivity index (χ1v) is 6.95. The summed E-state index contributed by atoms with van der Waals surface area (Å²) in [5, 5.41) is 11.4.